The lowest BCUT2D eigenvalue weighted by Gasteiger charge is -2.23. The molecular formula is C17H25N2O4S+. The van der Waals surface area contributed by atoms with E-state index in [1.807, 2.05) is 0 Å². The lowest BCUT2D eigenvalue weighted by atomic mass is 9.95. The zero-order valence-corrected chi connectivity index (χ0v) is 14.9. The summed E-state index contributed by atoms with van der Waals surface area (Å²) < 4.78 is 10.5. The van der Waals surface area contributed by atoms with Gasteiger partial charge in [-0.25, -0.2) is 4.79 Å². The molecule has 0 aromatic carbocycles. The Labute approximate surface area is 146 Å². The number of nitrogens with one attached hydrogen (secondary N) is 2. The van der Waals surface area contributed by atoms with Gasteiger partial charge in [-0.3, -0.25) is 4.79 Å². The van der Waals surface area contributed by atoms with Gasteiger partial charge in [0.1, 0.15) is 18.1 Å². The molecule has 24 heavy (non-hydrogen) atoms. The van der Waals surface area contributed by atoms with Gasteiger partial charge in [0.25, 0.3) is 5.91 Å². The van der Waals surface area contributed by atoms with Gasteiger partial charge in [0.05, 0.1) is 25.4 Å². The van der Waals surface area contributed by atoms with Gasteiger partial charge in [-0.2, -0.15) is 0 Å². The van der Waals surface area contributed by atoms with Crippen LogP contribution in [0.4, 0.5) is 5.00 Å². The highest BCUT2D eigenvalue weighted by Crippen LogP contribution is 2.38. The number of rotatable bonds is 5. The molecule has 2 heterocycles. The van der Waals surface area contributed by atoms with Gasteiger partial charge < -0.3 is 19.7 Å². The fourth-order valence-electron chi connectivity index (χ4n) is 3.31. The monoisotopic (exact) mass is 353 g/mol. The van der Waals surface area contributed by atoms with Gasteiger partial charge >= 0.3 is 5.97 Å². The van der Waals surface area contributed by atoms with Crippen molar-refractivity contribution in [1.82, 2.24) is 0 Å². The predicted octanol–water partition coefficient (Wildman–Crippen LogP) is 0.657. The topological polar surface area (TPSA) is 69.1 Å². The standard InChI is InChI=1S/C17H24N2O4S/c1-2-23-17(21)15-12-5-3-4-6-13(12)24-16(15)18-14(20)11-19-7-9-22-10-8-19/h2-11H2,1H3,(H,18,20)/p+1. The van der Waals surface area contributed by atoms with Crippen molar-refractivity contribution in [3.63, 3.8) is 0 Å². The Morgan fingerprint density at radius 2 is 2.00 bits per heavy atom. The molecule has 0 radical (unpaired) electrons. The summed E-state index contributed by atoms with van der Waals surface area (Å²) in [5, 5.41) is 3.64. The van der Waals surface area contributed by atoms with Crippen molar-refractivity contribution in [3.8, 4) is 0 Å². The molecule has 2 aliphatic rings. The minimum absolute atomic E-state index is 0.0453. The second kappa shape index (κ2) is 8.09. The Morgan fingerprint density at radius 1 is 1.25 bits per heavy atom. The number of aryl methyl sites for hydroxylation is 1. The molecule has 6 nitrogen and oxygen atoms in total. The molecule has 0 atom stereocenters. The maximum Gasteiger partial charge on any atom is 0.341 e. The molecule has 7 heteroatoms. The summed E-state index contributed by atoms with van der Waals surface area (Å²) in [4.78, 5) is 27.2. The van der Waals surface area contributed by atoms with Crippen LogP contribution in [0.3, 0.4) is 0 Å². The highest BCUT2D eigenvalue weighted by molar-refractivity contribution is 7.17. The second-order valence-electron chi connectivity index (χ2n) is 6.22. The van der Waals surface area contributed by atoms with Gasteiger partial charge in [-0.1, -0.05) is 0 Å². The molecule has 0 unspecified atom stereocenters. The average molecular weight is 353 g/mol. The van der Waals surface area contributed by atoms with E-state index < -0.39 is 0 Å². The van der Waals surface area contributed by atoms with E-state index in [1.54, 1.807) is 6.92 Å². The normalized spacial score (nSPS) is 18.0. The molecule has 1 amide bonds. The van der Waals surface area contributed by atoms with E-state index in [0.717, 1.165) is 44.3 Å². The van der Waals surface area contributed by atoms with Gasteiger partial charge in [0.2, 0.25) is 0 Å². The first-order valence-electron chi connectivity index (χ1n) is 8.72. The summed E-state index contributed by atoms with van der Waals surface area (Å²) in [5.74, 6) is -0.359. The molecule has 1 saturated heterocycles. The third kappa shape index (κ3) is 3.96. The molecule has 0 spiro atoms. The molecule has 1 aromatic heterocycles. The van der Waals surface area contributed by atoms with Gasteiger partial charge in [0.15, 0.2) is 6.54 Å². The molecule has 132 valence electrons. The lowest BCUT2D eigenvalue weighted by molar-refractivity contribution is -0.899. The van der Waals surface area contributed by atoms with Crippen LogP contribution >= 0.6 is 11.3 Å². The lowest BCUT2D eigenvalue weighted by Crippen LogP contribution is -3.15. The van der Waals surface area contributed by atoms with Crippen molar-refractivity contribution in [2.45, 2.75) is 32.6 Å². The van der Waals surface area contributed by atoms with Crippen molar-refractivity contribution in [1.29, 1.82) is 0 Å². The highest BCUT2D eigenvalue weighted by Gasteiger charge is 2.28. The number of esters is 1. The molecule has 1 aliphatic carbocycles. The fraction of sp³-hybridized carbons (Fsp3) is 0.647. The molecule has 0 saturated carbocycles. The Morgan fingerprint density at radius 3 is 2.75 bits per heavy atom. The van der Waals surface area contributed by atoms with E-state index in [1.165, 1.54) is 21.1 Å². The summed E-state index contributed by atoms with van der Waals surface area (Å²) in [7, 11) is 0. The number of hydrogen-bond donors (Lipinski definition) is 2. The number of thiophene rings is 1. The Bertz CT molecular complexity index is 608. The minimum Gasteiger partial charge on any atom is -0.462 e. The molecule has 1 fully saturated rings. The summed E-state index contributed by atoms with van der Waals surface area (Å²) in [6, 6.07) is 0. The first-order valence-corrected chi connectivity index (χ1v) is 9.53. The van der Waals surface area contributed by atoms with E-state index in [4.69, 9.17) is 9.47 Å². The van der Waals surface area contributed by atoms with Crippen LogP contribution in [0.5, 0.6) is 0 Å². The van der Waals surface area contributed by atoms with Crippen LogP contribution in [0.15, 0.2) is 0 Å². The molecule has 1 aliphatic heterocycles. The third-order valence-electron chi connectivity index (χ3n) is 4.51. The number of amides is 1. The van der Waals surface area contributed by atoms with Gasteiger partial charge in [0, 0.05) is 4.88 Å². The van der Waals surface area contributed by atoms with Crippen LogP contribution in [-0.4, -0.2) is 51.3 Å². The van der Waals surface area contributed by atoms with Crippen LogP contribution < -0.4 is 10.2 Å². The Hall–Kier alpha value is -1.44. The van der Waals surface area contributed by atoms with Crippen molar-refractivity contribution in [2.24, 2.45) is 0 Å². The summed E-state index contributed by atoms with van der Waals surface area (Å²) in [5.41, 5.74) is 1.67. The van der Waals surface area contributed by atoms with Crippen molar-refractivity contribution in [2.75, 3.05) is 44.8 Å². The number of anilines is 1. The number of hydrogen-bond acceptors (Lipinski definition) is 5. The molecule has 1 aromatic rings. The second-order valence-corrected chi connectivity index (χ2v) is 7.33. The predicted molar refractivity (Wildman–Crippen MR) is 91.9 cm³/mol. The van der Waals surface area contributed by atoms with Gasteiger partial charge in [-0.05, 0) is 38.2 Å². The Kier molecular flexibility index (Phi) is 5.86. The molecule has 2 N–H and O–H groups in total. The largest absolute Gasteiger partial charge is 0.462 e. The van der Waals surface area contributed by atoms with Crippen LogP contribution in [0, 0.1) is 0 Å². The zero-order chi connectivity index (χ0) is 16.9. The maximum absolute atomic E-state index is 12.4. The minimum atomic E-state index is -0.314. The first-order chi connectivity index (χ1) is 11.7. The number of carbonyl (C=O) groups is 2. The van der Waals surface area contributed by atoms with E-state index in [9.17, 15) is 9.59 Å². The molecule has 0 bridgehead atoms. The SMILES string of the molecule is CCOC(=O)c1c(NC(=O)C[NH+]2CCOCC2)sc2c1CCCC2. The number of carbonyl (C=O) groups excluding carboxylic acids is 2. The summed E-state index contributed by atoms with van der Waals surface area (Å²) in [6.07, 6.45) is 4.10. The van der Waals surface area contributed by atoms with E-state index in [-0.39, 0.29) is 11.9 Å². The quantitative estimate of drug-likeness (QED) is 0.763. The first kappa shape index (κ1) is 17.4. The van der Waals surface area contributed by atoms with Crippen LogP contribution in [0.1, 0.15) is 40.6 Å². The smallest absolute Gasteiger partial charge is 0.341 e. The number of fused-ring (bicyclic) bond motifs is 1. The van der Waals surface area contributed by atoms with Crippen molar-refractivity contribution >= 4 is 28.2 Å². The molecular weight excluding hydrogens is 328 g/mol. The van der Waals surface area contributed by atoms with Crippen LogP contribution in [-0.2, 0) is 27.1 Å². The molecule has 3 rings (SSSR count). The van der Waals surface area contributed by atoms with E-state index >= 15 is 0 Å². The highest BCUT2D eigenvalue weighted by atomic mass is 32.1. The third-order valence-corrected chi connectivity index (χ3v) is 5.72. The average Bonchev–Trinajstić information content (AvgIpc) is 2.93. The van der Waals surface area contributed by atoms with E-state index in [2.05, 4.69) is 5.32 Å². The fourth-order valence-corrected chi connectivity index (χ4v) is 4.60. The number of quaternary nitrogens is 1. The van der Waals surface area contributed by atoms with E-state index in [0.29, 0.717) is 36.9 Å². The van der Waals surface area contributed by atoms with Crippen LogP contribution in [0.2, 0.25) is 0 Å². The number of morpholine rings is 1. The van der Waals surface area contributed by atoms with Crippen molar-refractivity contribution in [3.05, 3.63) is 16.0 Å². The van der Waals surface area contributed by atoms with Crippen LogP contribution in [0.25, 0.3) is 0 Å². The van der Waals surface area contributed by atoms with Crippen molar-refractivity contribution < 1.29 is 24.0 Å². The van der Waals surface area contributed by atoms with Gasteiger partial charge in [-0.15, -0.1) is 11.3 Å². The summed E-state index contributed by atoms with van der Waals surface area (Å²) >= 11 is 1.54. The zero-order valence-electron chi connectivity index (χ0n) is 14.1. The number of ether oxygens (including phenoxy) is 2. The Balaban J connectivity index is 1.75. The summed E-state index contributed by atoms with van der Waals surface area (Å²) in [6.45, 7) is 5.64. The maximum atomic E-state index is 12.4.